The third-order valence-corrected chi connectivity index (χ3v) is 17.6. The van der Waals surface area contributed by atoms with Gasteiger partial charge in [-0.2, -0.15) is 0 Å². The van der Waals surface area contributed by atoms with Gasteiger partial charge in [-0.05, 0) is 84.9 Å². The monoisotopic (exact) mass is 1330 g/mol. The highest BCUT2D eigenvalue weighted by Crippen LogP contribution is 2.31. The zero-order valence-corrected chi connectivity index (χ0v) is 56.8. The molecule has 0 unspecified atom stereocenters. The summed E-state index contributed by atoms with van der Waals surface area (Å²) in [5.41, 5.74) is 25.3. The zero-order chi connectivity index (χ0) is 69.9. The maximum absolute atomic E-state index is 5.47. The van der Waals surface area contributed by atoms with Crippen LogP contribution >= 0.6 is 0 Å². The molecule has 0 saturated heterocycles. The Hall–Kier alpha value is -14.1. The van der Waals surface area contributed by atoms with Crippen LogP contribution in [-0.4, -0.2) is 45.0 Å². The van der Waals surface area contributed by atoms with Crippen molar-refractivity contribution in [2.24, 2.45) is 34.9 Å². The van der Waals surface area contributed by atoms with E-state index in [1.165, 1.54) is 0 Å². The molecule has 0 aliphatic heterocycles. The first-order valence-corrected chi connectivity index (χ1v) is 34.6. The number of hydrogen-bond donors (Lipinski definition) is 0. The lowest BCUT2D eigenvalue weighted by Gasteiger charge is -2.12. The number of aromatic nitrogens is 1. The minimum atomic E-state index is 0.764. The second-order valence-electron chi connectivity index (χ2n) is 24.6. The molecule has 15 rings (SSSR count). The van der Waals surface area contributed by atoms with Gasteiger partial charge in [-0.3, -0.25) is 4.98 Å². The highest BCUT2D eigenvalue weighted by Gasteiger charge is 2.17. The van der Waals surface area contributed by atoms with E-state index in [4.69, 9.17) is 34.9 Å². The van der Waals surface area contributed by atoms with Gasteiger partial charge in [0.1, 0.15) is 0 Å². The fourth-order valence-corrected chi connectivity index (χ4v) is 12.3. The van der Waals surface area contributed by atoms with E-state index in [-0.39, 0.29) is 0 Å². The fraction of sp³-hybridized carbons (Fsp3) is 0. The maximum Gasteiger partial charge on any atom is 0.0781 e. The van der Waals surface area contributed by atoms with Crippen LogP contribution in [0.15, 0.2) is 448 Å². The van der Waals surface area contributed by atoms with Crippen LogP contribution < -0.4 is 0 Å². The quantitative estimate of drug-likeness (QED) is 0.0658. The van der Waals surface area contributed by atoms with E-state index in [2.05, 4.69) is 248 Å². The maximum atomic E-state index is 5.47. The average Bonchev–Trinajstić information content (AvgIpc) is 0.817. The van der Waals surface area contributed by atoms with E-state index >= 15 is 0 Å². The van der Waals surface area contributed by atoms with Gasteiger partial charge in [0.05, 0.1) is 79.8 Å². The van der Waals surface area contributed by atoms with Gasteiger partial charge in [-0.1, -0.05) is 315 Å². The molecule has 1 aromatic heterocycles. The first-order chi connectivity index (χ1) is 51.5. The molecule has 0 radical (unpaired) electrons. The minimum Gasteiger partial charge on any atom is -0.265 e. The van der Waals surface area contributed by atoms with Gasteiger partial charge in [0.2, 0.25) is 0 Å². The van der Waals surface area contributed by atoms with Crippen molar-refractivity contribution in [1.29, 1.82) is 0 Å². The average molecular weight is 1330 g/mol. The molecule has 8 nitrogen and oxygen atoms in total. The summed E-state index contributed by atoms with van der Waals surface area (Å²) < 4.78 is 0. The topological polar surface area (TPSA) is 99.4 Å². The normalized spacial score (nSPS) is 10.7. The van der Waals surface area contributed by atoms with Crippen molar-refractivity contribution in [3.05, 3.63) is 491 Å². The Morgan fingerprint density at radius 1 is 0.125 bits per heavy atom. The molecule has 0 saturated carbocycles. The molecule has 8 heteroatoms. The van der Waals surface area contributed by atoms with Crippen molar-refractivity contribution in [3.63, 3.8) is 0 Å². The lowest BCUT2D eigenvalue weighted by molar-refractivity contribution is 1.31. The first kappa shape index (κ1) is 65.8. The largest absolute Gasteiger partial charge is 0.265 e. The van der Waals surface area contributed by atoms with E-state index in [1.807, 2.05) is 158 Å². The van der Waals surface area contributed by atoms with Crippen LogP contribution in [0.25, 0.3) is 0 Å². The Bertz CT molecular complexity index is 4790. The molecule has 14 aromatic carbocycles. The van der Waals surface area contributed by atoms with Crippen molar-refractivity contribution < 1.29 is 0 Å². The molecule has 0 bridgehead atoms. The molecule has 0 aliphatic rings. The first-order valence-electron chi connectivity index (χ1n) is 34.6. The van der Waals surface area contributed by atoms with Gasteiger partial charge in [0.25, 0.3) is 0 Å². The zero-order valence-electron chi connectivity index (χ0n) is 56.8. The van der Waals surface area contributed by atoms with Gasteiger partial charge < -0.3 is 0 Å². The lowest BCUT2D eigenvalue weighted by Crippen LogP contribution is -2.05. The molecule has 0 amide bonds. The van der Waals surface area contributed by atoms with Crippen LogP contribution in [0.3, 0.4) is 0 Å². The van der Waals surface area contributed by atoms with E-state index in [0.717, 1.165) is 158 Å². The summed E-state index contributed by atoms with van der Waals surface area (Å²) in [5.74, 6) is 0. The van der Waals surface area contributed by atoms with E-state index in [1.54, 1.807) is 12.4 Å². The van der Waals surface area contributed by atoms with Crippen LogP contribution in [0.5, 0.6) is 0 Å². The SMILES string of the molecule is c1ccc(C(=Nc2ccc(C(=Nc3ccc(C(=Nc4ccncc4)c4ccc(N=C(c5ccc(N=C(c6ccccc6)c6ccccc6)cc5)c5ccc(N=C(c6ccccc6)c6ccccc6)cc5)cc4)cc3)c3ccc(N=C(c4ccccc4)c4ccccc4)cc3)cc2)c2ccccc2)cc1. The summed E-state index contributed by atoms with van der Waals surface area (Å²) >= 11 is 0. The molecule has 104 heavy (non-hydrogen) atoms. The van der Waals surface area contributed by atoms with Gasteiger partial charge in [-0.25, -0.2) is 34.9 Å². The Kier molecular flexibility index (Phi) is 20.4. The molecule has 0 N–H and O–H groups in total. The molecular weight excluding hydrogens is 1270 g/mol. The van der Waals surface area contributed by atoms with Gasteiger partial charge in [0.15, 0.2) is 0 Å². The van der Waals surface area contributed by atoms with Gasteiger partial charge >= 0.3 is 0 Å². The van der Waals surface area contributed by atoms with Crippen LogP contribution in [0, 0.1) is 0 Å². The molecule has 0 atom stereocenters. The molecule has 0 fully saturated rings. The molecule has 0 spiro atoms. The highest BCUT2D eigenvalue weighted by atomic mass is 14.8. The summed E-state index contributed by atoms with van der Waals surface area (Å²) in [4.78, 5) is 41.6. The predicted molar refractivity (Wildman–Crippen MR) is 432 cm³/mol. The Morgan fingerprint density at radius 2 is 0.240 bits per heavy atom. The van der Waals surface area contributed by atoms with E-state index < -0.39 is 0 Å². The Labute approximate surface area is 606 Å². The summed E-state index contributed by atoms with van der Waals surface area (Å²) in [6, 6.07) is 136. The van der Waals surface area contributed by atoms with Crippen molar-refractivity contribution in [3.8, 4) is 0 Å². The summed E-state index contributed by atoms with van der Waals surface area (Å²) in [7, 11) is 0. The second kappa shape index (κ2) is 32.3. The number of benzene rings is 14. The number of pyridine rings is 1. The molecule has 0 aliphatic carbocycles. The molecule has 15 aromatic rings. The van der Waals surface area contributed by atoms with Crippen molar-refractivity contribution in [2.75, 3.05) is 0 Å². The fourth-order valence-electron chi connectivity index (χ4n) is 12.3. The number of rotatable bonds is 21. The lowest BCUT2D eigenvalue weighted by atomic mass is 9.99. The standard InChI is InChI=1S/C96H68N8/c1-9-25-69(26-10-1)90(70-27-11-2-12-28-70)98-83-53-41-77(42-54-83)94(78-43-55-84(56-44-78)99-91(71-29-13-3-14-30-71)72-31-15-4-16-32-72)102-87-61-49-81(50-62-87)96(104-89-65-67-97-68-66-89)82-51-63-88(64-52-82)103-95(79-45-57-85(58-46-79)100-92(73-33-17-5-18-34-73)74-35-19-6-20-36-74)80-47-59-86(60-48-80)101-93(75-37-21-7-22-38-75)76-39-23-8-24-40-76/h1-68H. The number of hydrogen-bond acceptors (Lipinski definition) is 8. The van der Waals surface area contributed by atoms with Gasteiger partial charge in [-0.15, -0.1) is 0 Å². The second-order valence-corrected chi connectivity index (χ2v) is 24.6. The minimum absolute atomic E-state index is 0.764. The molecular formula is C96H68N8. The number of aliphatic imine (C=N–C) groups is 7. The summed E-state index contributed by atoms with van der Waals surface area (Å²) in [6.45, 7) is 0. The highest BCUT2D eigenvalue weighted by molar-refractivity contribution is 6.19. The summed E-state index contributed by atoms with van der Waals surface area (Å²) in [6.07, 6.45) is 3.53. The Balaban J connectivity index is 0.781. The van der Waals surface area contributed by atoms with E-state index in [0.29, 0.717) is 0 Å². The van der Waals surface area contributed by atoms with Crippen molar-refractivity contribution >= 4 is 79.8 Å². The Morgan fingerprint density at radius 3 is 0.375 bits per heavy atom. The van der Waals surface area contributed by atoms with Gasteiger partial charge in [0, 0.05) is 90.3 Å². The van der Waals surface area contributed by atoms with Crippen LogP contribution in [0.1, 0.15) is 77.9 Å². The molecule has 1 heterocycles. The molecule has 492 valence electrons. The third kappa shape index (κ3) is 16.3. The summed E-state index contributed by atoms with van der Waals surface area (Å²) in [5, 5.41) is 0. The van der Waals surface area contributed by atoms with Crippen LogP contribution in [0.2, 0.25) is 0 Å². The van der Waals surface area contributed by atoms with Crippen molar-refractivity contribution in [1.82, 2.24) is 4.98 Å². The van der Waals surface area contributed by atoms with Crippen LogP contribution in [-0.2, 0) is 0 Å². The van der Waals surface area contributed by atoms with E-state index in [9.17, 15) is 0 Å². The van der Waals surface area contributed by atoms with Crippen molar-refractivity contribution in [2.45, 2.75) is 0 Å². The smallest absolute Gasteiger partial charge is 0.0781 e. The van der Waals surface area contributed by atoms with Crippen LogP contribution in [0.4, 0.5) is 39.8 Å². The predicted octanol–water partition coefficient (Wildman–Crippen LogP) is 23.3. The third-order valence-electron chi connectivity index (χ3n) is 17.6. The number of nitrogens with zero attached hydrogens (tertiary/aromatic N) is 8.